The predicted octanol–water partition coefficient (Wildman–Crippen LogP) is 4.94. The van der Waals surface area contributed by atoms with Gasteiger partial charge in [-0.25, -0.2) is 18.0 Å². The number of halogens is 3. The first kappa shape index (κ1) is 28.4. The summed E-state index contributed by atoms with van der Waals surface area (Å²) in [6.45, 7) is 2.31. The first-order valence-electron chi connectivity index (χ1n) is 13.8. The maximum absolute atomic E-state index is 14.7. The van der Waals surface area contributed by atoms with Gasteiger partial charge in [0, 0.05) is 30.4 Å². The average Bonchev–Trinajstić information content (AvgIpc) is 2.96. The van der Waals surface area contributed by atoms with E-state index in [1.165, 1.54) is 22.8 Å². The van der Waals surface area contributed by atoms with E-state index >= 15 is 0 Å². The van der Waals surface area contributed by atoms with Crippen LogP contribution in [0.3, 0.4) is 0 Å². The Bertz CT molecular complexity index is 1610. The number of anilines is 1. The SMILES string of the molecule is Cc1c(N2CCCC(Cc3ccc(F)cc3)C2)c(=O)n(C[C@@H](N)c2ccccc2)c(=O)n1Cc1c(F)cccc1F. The van der Waals surface area contributed by atoms with Gasteiger partial charge in [-0.05, 0) is 67.5 Å². The van der Waals surface area contributed by atoms with Crippen LogP contribution < -0.4 is 21.9 Å². The minimum atomic E-state index is -0.770. The fourth-order valence-corrected chi connectivity index (χ4v) is 5.73. The quantitative estimate of drug-likeness (QED) is 0.330. The van der Waals surface area contributed by atoms with Crippen molar-refractivity contribution in [2.24, 2.45) is 11.7 Å². The summed E-state index contributed by atoms with van der Waals surface area (Å²) in [5.74, 6) is -1.64. The maximum atomic E-state index is 14.7. The van der Waals surface area contributed by atoms with Crippen LogP contribution in [0, 0.1) is 30.3 Å². The average molecular weight is 563 g/mol. The van der Waals surface area contributed by atoms with E-state index in [4.69, 9.17) is 5.73 Å². The summed E-state index contributed by atoms with van der Waals surface area (Å²) < 4.78 is 45.1. The lowest BCUT2D eigenvalue weighted by atomic mass is 9.91. The van der Waals surface area contributed by atoms with Crippen LogP contribution in [0.4, 0.5) is 18.9 Å². The molecule has 9 heteroatoms. The van der Waals surface area contributed by atoms with E-state index in [1.807, 2.05) is 35.2 Å². The highest BCUT2D eigenvalue weighted by atomic mass is 19.1. The molecule has 1 aliphatic rings. The highest BCUT2D eigenvalue weighted by Crippen LogP contribution is 2.26. The Kier molecular flexibility index (Phi) is 8.44. The van der Waals surface area contributed by atoms with E-state index in [0.29, 0.717) is 30.9 Å². The Hall–Kier alpha value is -4.11. The third-order valence-electron chi connectivity index (χ3n) is 7.91. The zero-order valence-corrected chi connectivity index (χ0v) is 22.9. The number of rotatable bonds is 8. The van der Waals surface area contributed by atoms with Crippen LogP contribution in [0.1, 0.15) is 41.3 Å². The molecule has 1 fully saturated rings. The van der Waals surface area contributed by atoms with Crippen molar-refractivity contribution in [2.75, 3.05) is 18.0 Å². The minimum absolute atomic E-state index is 0.0957. The topological polar surface area (TPSA) is 73.3 Å². The van der Waals surface area contributed by atoms with Crippen LogP contribution in [0.15, 0.2) is 82.4 Å². The Morgan fingerprint density at radius 3 is 2.27 bits per heavy atom. The first-order chi connectivity index (χ1) is 19.7. The van der Waals surface area contributed by atoms with Crippen LogP contribution in [-0.2, 0) is 19.5 Å². The molecule has 2 heterocycles. The number of hydrogen-bond donors (Lipinski definition) is 1. The summed E-state index contributed by atoms with van der Waals surface area (Å²) in [5, 5.41) is 0. The van der Waals surface area contributed by atoms with Gasteiger partial charge in [-0.2, -0.15) is 0 Å². The molecule has 1 saturated heterocycles. The molecule has 2 atom stereocenters. The van der Waals surface area contributed by atoms with Crippen molar-refractivity contribution in [3.05, 3.63) is 133 Å². The predicted molar refractivity (Wildman–Crippen MR) is 154 cm³/mol. The van der Waals surface area contributed by atoms with Crippen molar-refractivity contribution in [2.45, 2.75) is 45.3 Å². The third kappa shape index (κ3) is 6.15. The number of benzene rings is 3. The van der Waals surface area contributed by atoms with Crippen molar-refractivity contribution in [3.8, 4) is 0 Å². The molecule has 41 heavy (non-hydrogen) atoms. The summed E-state index contributed by atoms with van der Waals surface area (Å²) in [5.41, 5.74) is 7.44. The monoisotopic (exact) mass is 562 g/mol. The van der Waals surface area contributed by atoms with Gasteiger partial charge in [0.1, 0.15) is 23.1 Å². The second-order valence-electron chi connectivity index (χ2n) is 10.7. The van der Waals surface area contributed by atoms with Crippen molar-refractivity contribution >= 4 is 5.69 Å². The molecule has 1 aliphatic heterocycles. The lowest BCUT2D eigenvalue weighted by Gasteiger charge is -2.35. The zero-order chi connectivity index (χ0) is 29.1. The van der Waals surface area contributed by atoms with Gasteiger partial charge in [0.05, 0.1) is 13.1 Å². The second kappa shape index (κ2) is 12.2. The Labute approximate surface area is 236 Å². The second-order valence-corrected chi connectivity index (χ2v) is 10.7. The first-order valence-corrected chi connectivity index (χ1v) is 13.8. The fourth-order valence-electron chi connectivity index (χ4n) is 5.73. The van der Waals surface area contributed by atoms with E-state index in [1.54, 1.807) is 19.1 Å². The molecule has 1 aromatic heterocycles. The van der Waals surface area contributed by atoms with E-state index in [2.05, 4.69) is 0 Å². The molecule has 0 saturated carbocycles. The normalized spacial score (nSPS) is 16.1. The van der Waals surface area contributed by atoms with Crippen molar-refractivity contribution in [3.63, 3.8) is 0 Å². The Balaban J connectivity index is 1.56. The van der Waals surface area contributed by atoms with E-state index in [-0.39, 0.29) is 30.4 Å². The fraction of sp³-hybridized carbons (Fsp3) is 0.312. The summed E-state index contributed by atoms with van der Waals surface area (Å²) in [4.78, 5) is 29.7. The summed E-state index contributed by atoms with van der Waals surface area (Å²) in [6.07, 6.45) is 2.46. The lowest BCUT2D eigenvalue weighted by Crippen LogP contribution is -2.48. The molecule has 0 radical (unpaired) electrons. The van der Waals surface area contributed by atoms with Gasteiger partial charge < -0.3 is 10.6 Å². The highest BCUT2D eigenvalue weighted by molar-refractivity contribution is 5.50. The summed E-state index contributed by atoms with van der Waals surface area (Å²) in [6, 6.07) is 18.5. The molecule has 2 N–H and O–H groups in total. The molecule has 1 unspecified atom stereocenters. The molecule has 0 aliphatic carbocycles. The van der Waals surface area contributed by atoms with Crippen LogP contribution in [0.2, 0.25) is 0 Å². The van der Waals surface area contributed by atoms with Crippen LogP contribution in [-0.4, -0.2) is 22.2 Å². The highest BCUT2D eigenvalue weighted by Gasteiger charge is 2.28. The van der Waals surface area contributed by atoms with Crippen LogP contribution >= 0.6 is 0 Å². The van der Waals surface area contributed by atoms with Gasteiger partial charge in [0.25, 0.3) is 5.56 Å². The molecular weight excluding hydrogens is 529 g/mol. The lowest BCUT2D eigenvalue weighted by molar-refractivity contribution is 0.408. The van der Waals surface area contributed by atoms with Gasteiger partial charge in [-0.3, -0.25) is 13.9 Å². The van der Waals surface area contributed by atoms with Gasteiger partial charge >= 0.3 is 5.69 Å². The van der Waals surface area contributed by atoms with E-state index in [0.717, 1.165) is 40.7 Å². The number of aromatic nitrogens is 2. The molecule has 4 aromatic rings. The number of nitrogens with zero attached hydrogens (tertiary/aromatic N) is 3. The van der Waals surface area contributed by atoms with Gasteiger partial charge in [0.2, 0.25) is 0 Å². The summed E-state index contributed by atoms with van der Waals surface area (Å²) >= 11 is 0. The molecule has 6 nitrogen and oxygen atoms in total. The number of hydrogen-bond acceptors (Lipinski definition) is 4. The van der Waals surface area contributed by atoms with Gasteiger partial charge in [-0.15, -0.1) is 0 Å². The largest absolute Gasteiger partial charge is 0.365 e. The third-order valence-corrected chi connectivity index (χ3v) is 7.91. The summed E-state index contributed by atoms with van der Waals surface area (Å²) in [7, 11) is 0. The van der Waals surface area contributed by atoms with Crippen molar-refractivity contribution in [1.82, 2.24) is 9.13 Å². The van der Waals surface area contributed by atoms with Gasteiger partial charge in [0.15, 0.2) is 0 Å². The zero-order valence-electron chi connectivity index (χ0n) is 22.9. The standard InChI is InChI=1S/C32H33F3N4O2/c1-21-30(37-16-6-7-23(18-37)17-22-12-14-25(33)15-13-22)31(40)39(20-29(36)24-8-3-2-4-9-24)32(41)38(21)19-26-27(34)10-5-11-28(26)35/h2-5,8-15,23,29H,6-7,16-20,36H2,1H3/t23?,29-/m1/s1. The molecule has 5 rings (SSSR count). The number of piperidine rings is 1. The molecule has 3 aromatic carbocycles. The van der Waals surface area contributed by atoms with Crippen LogP contribution in [0.25, 0.3) is 0 Å². The molecule has 214 valence electrons. The van der Waals surface area contributed by atoms with E-state index in [9.17, 15) is 22.8 Å². The molecule has 0 bridgehead atoms. The molecular formula is C32H33F3N4O2. The smallest absolute Gasteiger partial charge is 0.331 e. The minimum Gasteiger partial charge on any atom is -0.365 e. The van der Waals surface area contributed by atoms with Gasteiger partial charge in [-0.1, -0.05) is 48.5 Å². The van der Waals surface area contributed by atoms with Crippen molar-refractivity contribution in [1.29, 1.82) is 0 Å². The van der Waals surface area contributed by atoms with Crippen molar-refractivity contribution < 1.29 is 13.2 Å². The van der Waals surface area contributed by atoms with E-state index < -0.39 is 28.9 Å². The Morgan fingerprint density at radius 1 is 0.902 bits per heavy atom. The molecule has 0 spiro atoms. The van der Waals surface area contributed by atoms with Crippen LogP contribution in [0.5, 0.6) is 0 Å². The molecule has 0 amide bonds. The number of nitrogens with two attached hydrogens (primary N) is 1. The Morgan fingerprint density at radius 2 is 1.59 bits per heavy atom. The maximum Gasteiger partial charge on any atom is 0.331 e.